The van der Waals surface area contributed by atoms with Gasteiger partial charge in [0.1, 0.15) is 19.8 Å². The summed E-state index contributed by atoms with van der Waals surface area (Å²) in [5.41, 5.74) is 0.520. The molecule has 4 nitrogen and oxygen atoms in total. The van der Waals surface area contributed by atoms with Crippen LogP contribution in [0.25, 0.3) is 9.40 Å². The second-order valence-electron chi connectivity index (χ2n) is 3.60. The van der Waals surface area contributed by atoms with Crippen LogP contribution in [0.15, 0.2) is 0 Å². The molecule has 20 heavy (non-hydrogen) atoms. The smallest absolute Gasteiger partial charge is 0.342 e. The quantitative estimate of drug-likeness (QED) is 0.753. The summed E-state index contributed by atoms with van der Waals surface area (Å²) >= 11 is 14.4. The zero-order valence-electron chi connectivity index (χ0n) is 10.6. The number of hydrogen-bond acceptors (Lipinski definition) is 6. The van der Waals surface area contributed by atoms with E-state index in [1.54, 1.807) is 13.8 Å². The van der Waals surface area contributed by atoms with Gasteiger partial charge in [0.05, 0.1) is 22.6 Å². The number of halogens is 2. The van der Waals surface area contributed by atoms with Crippen LogP contribution < -0.4 is 0 Å². The Hall–Kier alpha value is -0.820. The van der Waals surface area contributed by atoms with Crippen molar-refractivity contribution in [1.82, 2.24) is 0 Å². The van der Waals surface area contributed by atoms with E-state index in [1.165, 1.54) is 0 Å². The van der Waals surface area contributed by atoms with Crippen molar-refractivity contribution in [2.24, 2.45) is 0 Å². The van der Waals surface area contributed by atoms with Crippen molar-refractivity contribution in [2.45, 2.75) is 13.8 Å². The van der Waals surface area contributed by atoms with Crippen LogP contribution in [-0.4, -0.2) is 25.2 Å². The third kappa shape index (κ3) is 2.65. The first-order chi connectivity index (χ1) is 9.51. The molecule has 0 atom stereocenters. The van der Waals surface area contributed by atoms with Gasteiger partial charge in [-0.1, -0.05) is 23.2 Å². The number of carbonyl (C=O) groups excluding carboxylic acids is 2. The van der Waals surface area contributed by atoms with Crippen molar-refractivity contribution in [2.75, 3.05) is 13.2 Å². The minimum absolute atomic E-state index is 0.246. The summed E-state index contributed by atoms with van der Waals surface area (Å²) in [7, 11) is 0. The molecular weight excluding hydrogens is 343 g/mol. The first-order valence-electron chi connectivity index (χ1n) is 5.75. The first-order valence-corrected chi connectivity index (χ1v) is 8.14. The molecule has 0 amide bonds. The Morgan fingerprint density at radius 2 is 1.25 bits per heavy atom. The minimum atomic E-state index is -0.517. The van der Waals surface area contributed by atoms with Crippen molar-refractivity contribution in [3.8, 4) is 0 Å². The van der Waals surface area contributed by atoms with Gasteiger partial charge in [0.15, 0.2) is 0 Å². The summed E-state index contributed by atoms with van der Waals surface area (Å²) < 4.78 is 11.6. The fourth-order valence-corrected chi connectivity index (χ4v) is 4.83. The summed E-state index contributed by atoms with van der Waals surface area (Å²) in [6, 6.07) is 0. The number of rotatable bonds is 4. The van der Waals surface area contributed by atoms with E-state index in [-0.39, 0.29) is 33.0 Å². The molecule has 8 heteroatoms. The van der Waals surface area contributed by atoms with Crippen LogP contribution in [0.1, 0.15) is 34.6 Å². The Kier molecular flexibility index (Phi) is 4.90. The van der Waals surface area contributed by atoms with Gasteiger partial charge in [-0.3, -0.25) is 0 Å². The standard InChI is InChI=1S/C12H10Cl2O4S2/c1-3-17-11(15)5-7-8(20-9(5)13)6(10(14)19-7)12(16)18-4-2/h3-4H2,1-2H3. The lowest BCUT2D eigenvalue weighted by atomic mass is 10.2. The zero-order chi connectivity index (χ0) is 14.9. The number of carbonyl (C=O) groups is 2. The molecule has 2 aromatic heterocycles. The summed E-state index contributed by atoms with van der Waals surface area (Å²) in [6.07, 6.45) is 0. The van der Waals surface area contributed by atoms with Gasteiger partial charge in [-0.25, -0.2) is 9.59 Å². The number of hydrogen-bond donors (Lipinski definition) is 0. The van der Waals surface area contributed by atoms with Gasteiger partial charge in [0, 0.05) is 0 Å². The molecule has 0 bridgehead atoms. The average Bonchev–Trinajstić information content (AvgIpc) is 2.82. The molecule has 2 heterocycles. The highest BCUT2D eigenvalue weighted by molar-refractivity contribution is 7.32. The Balaban J connectivity index is 2.59. The number of fused-ring (bicyclic) bond motifs is 1. The highest BCUT2D eigenvalue weighted by atomic mass is 35.5. The highest BCUT2D eigenvalue weighted by Crippen LogP contribution is 2.45. The SMILES string of the molecule is CCOC(=O)c1c(Cl)sc2c(C(=O)OCC)c(Cl)sc12. The van der Waals surface area contributed by atoms with E-state index < -0.39 is 11.9 Å². The molecule has 0 spiro atoms. The fourth-order valence-electron chi connectivity index (χ4n) is 1.63. The third-order valence-corrected chi connectivity index (χ3v) is 5.36. The monoisotopic (exact) mass is 352 g/mol. The molecule has 2 aromatic rings. The van der Waals surface area contributed by atoms with Crippen LogP contribution in [0.3, 0.4) is 0 Å². The third-order valence-electron chi connectivity index (χ3n) is 2.40. The lowest BCUT2D eigenvalue weighted by Gasteiger charge is -1.99. The molecule has 0 saturated carbocycles. The molecular formula is C12H10Cl2O4S2. The van der Waals surface area contributed by atoms with Crippen LogP contribution >= 0.6 is 45.9 Å². The van der Waals surface area contributed by atoms with E-state index >= 15 is 0 Å². The van der Waals surface area contributed by atoms with Gasteiger partial charge < -0.3 is 9.47 Å². The first kappa shape index (κ1) is 15.6. The molecule has 108 valence electrons. The van der Waals surface area contributed by atoms with E-state index in [4.69, 9.17) is 32.7 Å². The van der Waals surface area contributed by atoms with Crippen LogP contribution in [0.2, 0.25) is 8.67 Å². The Morgan fingerprint density at radius 3 is 1.55 bits per heavy atom. The molecule has 0 radical (unpaired) electrons. The molecule has 0 aliphatic carbocycles. The van der Waals surface area contributed by atoms with Gasteiger partial charge in [-0.15, -0.1) is 22.7 Å². The summed E-state index contributed by atoms with van der Waals surface area (Å²) in [6.45, 7) is 3.91. The molecule has 0 saturated heterocycles. The zero-order valence-corrected chi connectivity index (χ0v) is 13.8. The van der Waals surface area contributed by atoms with Crippen LogP contribution in [-0.2, 0) is 9.47 Å². The molecule has 0 N–H and O–H groups in total. The van der Waals surface area contributed by atoms with Gasteiger partial charge in [-0.05, 0) is 13.8 Å². The van der Waals surface area contributed by atoms with Crippen LogP contribution in [0, 0.1) is 0 Å². The van der Waals surface area contributed by atoms with Gasteiger partial charge in [0.25, 0.3) is 0 Å². The number of esters is 2. The van der Waals surface area contributed by atoms with Gasteiger partial charge >= 0.3 is 11.9 Å². The number of thiophene rings is 2. The summed E-state index contributed by atoms with van der Waals surface area (Å²) in [5, 5.41) is 0. The van der Waals surface area contributed by atoms with Crippen molar-refractivity contribution in [3.05, 3.63) is 19.8 Å². The number of ether oxygens (including phenoxy) is 2. The van der Waals surface area contributed by atoms with E-state index in [1.807, 2.05) is 0 Å². The summed E-state index contributed by atoms with van der Waals surface area (Å²) in [5.74, 6) is -1.03. The molecule has 0 fully saturated rings. The van der Waals surface area contributed by atoms with Crippen molar-refractivity contribution in [1.29, 1.82) is 0 Å². The fraction of sp³-hybridized carbons (Fsp3) is 0.333. The molecule has 0 aliphatic rings. The Labute approximate surface area is 133 Å². The maximum atomic E-state index is 11.9. The Bertz CT molecular complexity index is 617. The average molecular weight is 353 g/mol. The predicted molar refractivity (Wildman–Crippen MR) is 81.6 cm³/mol. The molecule has 0 unspecified atom stereocenters. The van der Waals surface area contributed by atoms with E-state index in [0.29, 0.717) is 9.40 Å². The van der Waals surface area contributed by atoms with Gasteiger partial charge in [-0.2, -0.15) is 0 Å². The van der Waals surface area contributed by atoms with Crippen molar-refractivity contribution in [3.63, 3.8) is 0 Å². The van der Waals surface area contributed by atoms with Gasteiger partial charge in [0.2, 0.25) is 0 Å². The summed E-state index contributed by atoms with van der Waals surface area (Å²) in [4.78, 5) is 23.8. The lowest BCUT2D eigenvalue weighted by Crippen LogP contribution is -2.04. The van der Waals surface area contributed by atoms with E-state index in [9.17, 15) is 9.59 Å². The maximum Gasteiger partial charge on any atom is 0.342 e. The van der Waals surface area contributed by atoms with E-state index in [2.05, 4.69) is 0 Å². The van der Waals surface area contributed by atoms with Crippen molar-refractivity contribution < 1.29 is 19.1 Å². The van der Waals surface area contributed by atoms with Crippen molar-refractivity contribution >= 4 is 67.2 Å². The Morgan fingerprint density at radius 1 is 0.900 bits per heavy atom. The topological polar surface area (TPSA) is 52.6 Å². The largest absolute Gasteiger partial charge is 0.462 e. The normalized spacial score (nSPS) is 10.8. The molecule has 2 rings (SSSR count). The second kappa shape index (κ2) is 6.30. The second-order valence-corrected chi connectivity index (χ2v) is 6.85. The molecule has 0 aromatic carbocycles. The highest BCUT2D eigenvalue weighted by Gasteiger charge is 2.28. The van der Waals surface area contributed by atoms with E-state index in [0.717, 1.165) is 22.7 Å². The lowest BCUT2D eigenvalue weighted by molar-refractivity contribution is 0.0519. The molecule has 0 aliphatic heterocycles. The van der Waals surface area contributed by atoms with Crippen LogP contribution in [0.5, 0.6) is 0 Å². The minimum Gasteiger partial charge on any atom is -0.462 e. The van der Waals surface area contributed by atoms with Crippen LogP contribution in [0.4, 0.5) is 0 Å². The predicted octanol–water partition coefficient (Wildman–Crippen LogP) is 4.62. The maximum absolute atomic E-state index is 11.9.